The molecule has 0 saturated heterocycles. The number of hydrogen-bond donors (Lipinski definition) is 0. The van der Waals surface area contributed by atoms with Gasteiger partial charge in [0.2, 0.25) is 0 Å². The summed E-state index contributed by atoms with van der Waals surface area (Å²) in [6.07, 6.45) is 2.68. The normalized spacial score (nSPS) is 10.4. The number of allylic oxidation sites excluding steroid dienone is 1. The molecule has 0 aliphatic rings. The summed E-state index contributed by atoms with van der Waals surface area (Å²) < 4.78 is 0.882. The van der Waals surface area contributed by atoms with Crippen molar-refractivity contribution < 1.29 is 0 Å². The lowest BCUT2D eigenvalue weighted by Crippen LogP contribution is -1.90. The quantitative estimate of drug-likeness (QED) is 0.583. The molecule has 2 rings (SSSR count). The Morgan fingerprint density at radius 2 is 2.14 bits per heavy atom. The number of rotatable bonds is 2. The third-order valence-corrected chi connectivity index (χ3v) is 2.53. The summed E-state index contributed by atoms with van der Waals surface area (Å²) in [5.74, 6) is 0. The van der Waals surface area contributed by atoms with Crippen LogP contribution in [0.4, 0.5) is 0 Å². The third-order valence-electron chi connectivity index (χ3n) is 2.13. The first-order chi connectivity index (χ1) is 6.81. The molecule has 0 aliphatic heterocycles. The smallest absolute Gasteiger partial charge is 0.107 e. The second-order valence-electron chi connectivity index (χ2n) is 3.11. The van der Waals surface area contributed by atoms with Gasteiger partial charge in [0, 0.05) is 11.8 Å². The second-order valence-corrected chi connectivity index (χ2v) is 3.92. The van der Waals surface area contributed by atoms with Gasteiger partial charge in [-0.05, 0) is 27.4 Å². The highest BCUT2D eigenvalue weighted by Gasteiger charge is 2.02. The van der Waals surface area contributed by atoms with Gasteiger partial charge in [-0.15, -0.1) is 6.58 Å². The van der Waals surface area contributed by atoms with Crippen LogP contribution in [0.25, 0.3) is 10.8 Å². The Labute approximate surface area is 91.6 Å². The second kappa shape index (κ2) is 3.93. The molecule has 0 bridgehead atoms. The predicted octanol–water partition coefficient (Wildman–Crippen LogP) is 3.73. The molecule has 14 heavy (non-hydrogen) atoms. The number of hydrogen-bond acceptors (Lipinski definition) is 1. The lowest BCUT2D eigenvalue weighted by atomic mass is 10.1. The fourth-order valence-electron chi connectivity index (χ4n) is 1.53. The Hall–Kier alpha value is -1.15. The molecule has 1 heterocycles. The number of nitrogens with zero attached hydrogens (tertiary/aromatic N) is 1. The molecule has 0 aliphatic carbocycles. The lowest BCUT2D eigenvalue weighted by molar-refractivity contribution is 1.12. The maximum Gasteiger partial charge on any atom is 0.107 e. The van der Waals surface area contributed by atoms with Gasteiger partial charge in [0.15, 0.2) is 0 Å². The first-order valence-electron chi connectivity index (χ1n) is 4.46. The highest BCUT2D eigenvalue weighted by atomic mass is 79.9. The average Bonchev–Trinajstić information content (AvgIpc) is 2.18. The minimum Gasteiger partial charge on any atom is -0.245 e. The van der Waals surface area contributed by atoms with Crippen LogP contribution in [-0.4, -0.2) is 4.98 Å². The van der Waals surface area contributed by atoms with Crippen LogP contribution in [0.15, 0.2) is 47.6 Å². The van der Waals surface area contributed by atoms with Gasteiger partial charge in [-0.1, -0.05) is 30.3 Å². The molecule has 0 N–H and O–H groups in total. The van der Waals surface area contributed by atoms with Gasteiger partial charge in [-0.2, -0.15) is 0 Å². The van der Waals surface area contributed by atoms with Crippen molar-refractivity contribution in [2.24, 2.45) is 0 Å². The summed E-state index contributed by atoms with van der Waals surface area (Å²) in [6, 6.07) is 10.3. The van der Waals surface area contributed by atoms with E-state index in [2.05, 4.69) is 39.6 Å². The van der Waals surface area contributed by atoms with E-state index >= 15 is 0 Å². The molecule has 0 atom stereocenters. The van der Waals surface area contributed by atoms with Crippen LogP contribution in [-0.2, 0) is 6.42 Å². The van der Waals surface area contributed by atoms with Gasteiger partial charge >= 0.3 is 0 Å². The minimum atomic E-state index is 0.806. The first kappa shape index (κ1) is 9.41. The van der Waals surface area contributed by atoms with Crippen molar-refractivity contribution in [2.75, 3.05) is 0 Å². The van der Waals surface area contributed by atoms with Crippen LogP contribution in [0.5, 0.6) is 0 Å². The maximum atomic E-state index is 4.44. The first-order valence-corrected chi connectivity index (χ1v) is 5.25. The van der Waals surface area contributed by atoms with E-state index in [1.165, 1.54) is 10.8 Å². The Morgan fingerprint density at radius 3 is 2.93 bits per heavy atom. The number of fused-ring (bicyclic) bond motifs is 1. The van der Waals surface area contributed by atoms with E-state index in [0.29, 0.717) is 0 Å². The van der Waals surface area contributed by atoms with E-state index in [9.17, 15) is 0 Å². The Morgan fingerprint density at radius 1 is 1.36 bits per heavy atom. The van der Waals surface area contributed by atoms with Crippen LogP contribution in [0.1, 0.15) is 5.69 Å². The molecule has 0 radical (unpaired) electrons. The Balaban J connectivity index is 2.73. The molecule has 0 saturated carbocycles. The number of benzene rings is 1. The predicted molar refractivity (Wildman–Crippen MR) is 63.3 cm³/mol. The summed E-state index contributed by atoms with van der Waals surface area (Å²) in [7, 11) is 0. The van der Waals surface area contributed by atoms with Crippen molar-refractivity contribution in [3.05, 3.63) is 53.3 Å². The molecule has 0 amide bonds. The number of halogens is 1. The maximum absolute atomic E-state index is 4.44. The molecule has 70 valence electrons. The van der Waals surface area contributed by atoms with Crippen LogP contribution in [0.2, 0.25) is 0 Å². The van der Waals surface area contributed by atoms with Crippen molar-refractivity contribution in [1.29, 1.82) is 0 Å². The minimum absolute atomic E-state index is 0.806. The third kappa shape index (κ3) is 1.70. The van der Waals surface area contributed by atoms with Gasteiger partial charge in [0.1, 0.15) is 4.60 Å². The van der Waals surface area contributed by atoms with Gasteiger partial charge in [-0.3, -0.25) is 0 Å². The van der Waals surface area contributed by atoms with Crippen molar-refractivity contribution in [1.82, 2.24) is 4.98 Å². The van der Waals surface area contributed by atoms with Crippen LogP contribution in [0, 0.1) is 0 Å². The van der Waals surface area contributed by atoms with Gasteiger partial charge in [0.25, 0.3) is 0 Å². The summed E-state index contributed by atoms with van der Waals surface area (Å²) >= 11 is 3.41. The molecule has 1 aromatic carbocycles. The van der Waals surface area contributed by atoms with Gasteiger partial charge < -0.3 is 0 Å². The standard InChI is InChI=1S/C12H10BrN/c1-2-5-11-10-7-4-3-6-9(10)8-12(13)14-11/h2-4,6-8H,1,5H2. The zero-order chi connectivity index (χ0) is 9.97. The fourth-order valence-corrected chi connectivity index (χ4v) is 1.99. The molecular weight excluding hydrogens is 238 g/mol. The summed E-state index contributed by atoms with van der Waals surface area (Å²) in [5, 5.41) is 2.42. The Bertz CT molecular complexity index is 477. The van der Waals surface area contributed by atoms with Crippen LogP contribution < -0.4 is 0 Å². The fraction of sp³-hybridized carbons (Fsp3) is 0.0833. The van der Waals surface area contributed by atoms with Crippen molar-refractivity contribution >= 4 is 26.7 Å². The molecule has 1 aromatic heterocycles. The summed E-state index contributed by atoms with van der Waals surface area (Å²) in [6.45, 7) is 3.74. The molecule has 2 heteroatoms. The molecule has 0 unspecified atom stereocenters. The van der Waals surface area contributed by atoms with Crippen molar-refractivity contribution in [3.8, 4) is 0 Å². The zero-order valence-electron chi connectivity index (χ0n) is 7.70. The van der Waals surface area contributed by atoms with E-state index in [1.54, 1.807) is 0 Å². The highest BCUT2D eigenvalue weighted by molar-refractivity contribution is 9.10. The molecule has 2 aromatic rings. The molecular formula is C12H10BrN. The molecule has 0 fully saturated rings. The molecule has 1 nitrogen and oxygen atoms in total. The van der Waals surface area contributed by atoms with Crippen LogP contribution >= 0.6 is 15.9 Å². The van der Waals surface area contributed by atoms with E-state index in [-0.39, 0.29) is 0 Å². The summed E-state index contributed by atoms with van der Waals surface area (Å²) in [5.41, 5.74) is 1.07. The number of aromatic nitrogens is 1. The summed E-state index contributed by atoms with van der Waals surface area (Å²) in [4.78, 5) is 4.44. The van der Waals surface area contributed by atoms with E-state index < -0.39 is 0 Å². The van der Waals surface area contributed by atoms with Gasteiger partial charge in [-0.25, -0.2) is 4.98 Å². The van der Waals surface area contributed by atoms with Crippen molar-refractivity contribution in [3.63, 3.8) is 0 Å². The highest BCUT2D eigenvalue weighted by Crippen LogP contribution is 2.21. The topological polar surface area (TPSA) is 12.9 Å². The monoisotopic (exact) mass is 247 g/mol. The van der Waals surface area contributed by atoms with E-state index in [4.69, 9.17) is 0 Å². The van der Waals surface area contributed by atoms with E-state index in [0.717, 1.165) is 16.7 Å². The van der Waals surface area contributed by atoms with Gasteiger partial charge in [0.05, 0.1) is 5.69 Å². The zero-order valence-corrected chi connectivity index (χ0v) is 9.29. The Kier molecular flexibility index (Phi) is 2.64. The lowest BCUT2D eigenvalue weighted by Gasteiger charge is -2.03. The van der Waals surface area contributed by atoms with Crippen molar-refractivity contribution in [2.45, 2.75) is 6.42 Å². The molecule has 0 spiro atoms. The SMILES string of the molecule is C=CCc1nc(Br)cc2ccccc12. The number of pyridine rings is 1. The van der Waals surface area contributed by atoms with Crippen LogP contribution in [0.3, 0.4) is 0 Å². The van der Waals surface area contributed by atoms with E-state index in [1.807, 2.05) is 24.3 Å². The average molecular weight is 248 g/mol. The largest absolute Gasteiger partial charge is 0.245 e.